The van der Waals surface area contributed by atoms with E-state index >= 15 is 0 Å². The molecule has 1 aliphatic heterocycles. The number of hydrogen-bond acceptors (Lipinski definition) is 4. The molecule has 1 amide bonds. The molecule has 2 rings (SSSR count). The van der Waals surface area contributed by atoms with Crippen LogP contribution in [0, 0.1) is 11.8 Å². The molecule has 1 fully saturated rings. The van der Waals surface area contributed by atoms with Crippen LogP contribution in [-0.2, 0) is 6.54 Å². The van der Waals surface area contributed by atoms with Gasteiger partial charge in [-0.05, 0) is 54.8 Å². The molecule has 0 unspecified atom stereocenters. The predicted octanol–water partition coefficient (Wildman–Crippen LogP) is 2.22. The van der Waals surface area contributed by atoms with Crippen LogP contribution in [-0.4, -0.2) is 23.9 Å². The number of carbonyl (C=O) groups is 1. The average Bonchev–Trinajstić information content (AvgIpc) is 2.86. The first-order valence-corrected chi connectivity index (χ1v) is 7.79. The van der Waals surface area contributed by atoms with Gasteiger partial charge < -0.3 is 0 Å². The van der Waals surface area contributed by atoms with E-state index in [1.54, 1.807) is 0 Å². The third-order valence-corrected chi connectivity index (χ3v) is 5.01. The number of carbonyl (C=O) groups excluding carboxylic acids is 1. The van der Waals surface area contributed by atoms with Gasteiger partial charge >= 0.3 is 0 Å². The molecule has 0 atom stereocenters. The third-order valence-electron chi connectivity index (χ3n) is 4.05. The van der Waals surface area contributed by atoms with E-state index in [-0.39, 0.29) is 5.91 Å². The fourth-order valence-electron chi connectivity index (χ4n) is 2.74. The van der Waals surface area contributed by atoms with E-state index in [4.69, 9.17) is 5.84 Å². The van der Waals surface area contributed by atoms with E-state index in [2.05, 4.69) is 24.2 Å². The Morgan fingerprint density at radius 3 is 2.79 bits per heavy atom. The Hall–Kier alpha value is -0.910. The van der Waals surface area contributed by atoms with Crippen molar-refractivity contribution in [1.29, 1.82) is 0 Å². The standard InChI is InChI=1S/C14H23N3OS/c1-10(2)11-3-6-17(7-4-11)9-12-5-8-19-13(12)14(18)16-15/h5,8,10-11H,3-4,6-7,9,15H2,1-2H3,(H,16,18). The minimum Gasteiger partial charge on any atom is -0.299 e. The first-order valence-electron chi connectivity index (χ1n) is 6.91. The zero-order chi connectivity index (χ0) is 13.8. The summed E-state index contributed by atoms with van der Waals surface area (Å²) in [4.78, 5) is 14.8. The Bertz CT molecular complexity index is 422. The summed E-state index contributed by atoms with van der Waals surface area (Å²) < 4.78 is 0. The highest BCUT2D eigenvalue weighted by Gasteiger charge is 2.23. The van der Waals surface area contributed by atoms with Gasteiger partial charge in [-0.15, -0.1) is 11.3 Å². The van der Waals surface area contributed by atoms with E-state index in [0.29, 0.717) is 0 Å². The molecule has 0 aliphatic carbocycles. The lowest BCUT2D eigenvalue weighted by Gasteiger charge is -2.33. The van der Waals surface area contributed by atoms with Crippen molar-refractivity contribution in [3.63, 3.8) is 0 Å². The van der Waals surface area contributed by atoms with Crippen molar-refractivity contribution >= 4 is 17.2 Å². The van der Waals surface area contributed by atoms with Crippen LogP contribution in [0.4, 0.5) is 0 Å². The van der Waals surface area contributed by atoms with Crippen LogP contribution in [0.2, 0.25) is 0 Å². The highest BCUT2D eigenvalue weighted by Crippen LogP contribution is 2.26. The van der Waals surface area contributed by atoms with E-state index in [0.717, 1.165) is 41.9 Å². The summed E-state index contributed by atoms with van der Waals surface area (Å²) >= 11 is 1.46. The molecule has 0 saturated carbocycles. The monoisotopic (exact) mass is 281 g/mol. The number of rotatable bonds is 4. The minimum absolute atomic E-state index is 0.179. The Labute approximate surface area is 118 Å². The van der Waals surface area contributed by atoms with E-state index in [1.807, 2.05) is 11.4 Å². The topological polar surface area (TPSA) is 58.4 Å². The molecule has 4 nitrogen and oxygen atoms in total. The Balaban J connectivity index is 1.93. The van der Waals surface area contributed by atoms with Gasteiger partial charge in [-0.2, -0.15) is 0 Å². The fraction of sp³-hybridized carbons (Fsp3) is 0.643. The van der Waals surface area contributed by atoms with Crippen LogP contribution in [0.15, 0.2) is 11.4 Å². The summed E-state index contributed by atoms with van der Waals surface area (Å²) in [5, 5.41) is 1.96. The molecule has 106 valence electrons. The van der Waals surface area contributed by atoms with Crippen molar-refractivity contribution in [3.05, 3.63) is 21.9 Å². The molecule has 0 bridgehead atoms. The Kier molecular flexibility index (Phi) is 4.96. The molecular weight excluding hydrogens is 258 g/mol. The zero-order valence-corrected chi connectivity index (χ0v) is 12.5. The maximum absolute atomic E-state index is 11.6. The lowest BCUT2D eigenvalue weighted by molar-refractivity contribution is 0.0954. The van der Waals surface area contributed by atoms with E-state index in [1.165, 1.54) is 24.2 Å². The van der Waals surface area contributed by atoms with Gasteiger partial charge in [0.1, 0.15) is 0 Å². The molecule has 0 radical (unpaired) electrons. The van der Waals surface area contributed by atoms with Crippen molar-refractivity contribution in [2.75, 3.05) is 13.1 Å². The number of nitrogens with zero attached hydrogens (tertiary/aromatic N) is 1. The number of likely N-dealkylation sites (tertiary alicyclic amines) is 1. The van der Waals surface area contributed by atoms with Crippen LogP contribution < -0.4 is 11.3 Å². The van der Waals surface area contributed by atoms with E-state index in [9.17, 15) is 4.79 Å². The zero-order valence-electron chi connectivity index (χ0n) is 11.7. The van der Waals surface area contributed by atoms with Gasteiger partial charge in [0.2, 0.25) is 0 Å². The van der Waals surface area contributed by atoms with Gasteiger partial charge in [-0.25, -0.2) is 5.84 Å². The van der Waals surface area contributed by atoms with Crippen molar-refractivity contribution in [2.45, 2.75) is 33.2 Å². The maximum atomic E-state index is 11.6. The van der Waals surface area contributed by atoms with Gasteiger partial charge in [0.05, 0.1) is 4.88 Å². The normalized spacial score (nSPS) is 17.9. The number of hydrogen-bond donors (Lipinski definition) is 2. The lowest BCUT2D eigenvalue weighted by atomic mass is 9.86. The van der Waals surface area contributed by atoms with Crippen LogP contribution in [0.3, 0.4) is 0 Å². The fourth-order valence-corrected chi connectivity index (χ4v) is 3.56. The highest BCUT2D eigenvalue weighted by atomic mass is 32.1. The summed E-state index contributed by atoms with van der Waals surface area (Å²) in [5.74, 6) is 6.66. The number of nitrogen functional groups attached to an aromatic ring is 1. The Morgan fingerprint density at radius 1 is 1.53 bits per heavy atom. The first-order chi connectivity index (χ1) is 9.11. The maximum Gasteiger partial charge on any atom is 0.275 e. The molecule has 2 heterocycles. The van der Waals surface area contributed by atoms with Crippen molar-refractivity contribution in [1.82, 2.24) is 10.3 Å². The van der Waals surface area contributed by atoms with Crippen LogP contribution in [0.1, 0.15) is 41.9 Å². The summed E-state index contributed by atoms with van der Waals surface area (Å²) in [6.45, 7) is 7.73. The second kappa shape index (κ2) is 6.50. The number of thiophene rings is 1. The summed E-state index contributed by atoms with van der Waals surface area (Å²) in [5.41, 5.74) is 3.31. The quantitative estimate of drug-likeness (QED) is 0.505. The summed E-state index contributed by atoms with van der Waals surface area (Å²) in [6, 6.07) is 2.03. The van der Waals surface area contributed by atoms with Gasteiger partial charge in [-0.3, -0.25) is 15.1 Å². The van der Waals surface area contributed by atoms with E-state index < -0.39 is 0 Å². The second-order valence-corrected chi connectivity index (χ2v) is 6.52. The molecule has 19 heavy (non-hydrogen) atoms. The molecule has 1 aliphatic rings. The van der Waals surface area contributed by atoms with Crippen molar-refractivity contribution < 1.29 is 4.79 Å². The number of nitrogens with one attached hydrogen (secondary N) is 1. The number of nitrogens with two attached hydrogens (primary N) is 1. The smallest absolute Gasteiger partial charge is 0.275 e. The molecule has 3 N–H and O–H groups in total. The van der Waals surface area contributed by atoms with Gasteiger partial charge in [0.15, 0.2) is 0 Å². The second-order valence-electron chi connectivity index (χ2n) is 5.61. The number of amides is 1. The molecule has 1 aromatic rings. The van der Waals surface area contributed by atoms with Crippen molar-refractivity contribution in [3.8, 4) is 0 Å². The largest absolute Gasteiger partial charge is 0.299 e. The molecule has 0 spiro atoms. The average molecular weight is 281 g/mol. The molecule has 5 heteroatoms. The Morgan fingerprint density at radius 2 is 2.21 bits per heavy atom. The third kappa shape index (κ3) is 3.55. The highest BCUT2D eigenvalue weighted by molar-refractivity contribution is 7.12. The SMILES string of the molecule is CC(C)C1CCN(Cc2ccsc2C(=O)NN)CC1. The minimum atomic E-state index is -0.179. The number of piperidine rings is 1. The van der Waals surface area contributed by atoms with Gasteiger partial charge in [-0.1, -0.05) is 13.8 Å². The van der Waals surface area contributed by atoms with Gasteiger partial charge in [0.25, 0.3) is 5.91 Å². The summed E-state index contributed by atoms with van der Waals surface area (Å²) in [7, 11) is 0. The van der Waals surface area contributed by atoms with Gasteiger partial charge in [0, 0.05) is 6.54 Å². The lowest BCUT2D eigenvalue weighted by Crippen LogP contribution is -2.35. The molecular formula is C14H23N3OS. The number of hydrazine groups is 1. The molecule has 1 saturated heterocycles. The molecule has 1 aromatic heterocycles. The van der Waals surface area contributed by atoms with Crippen LogP contribution in [0.25, 0.3) is 0 Å². The van der Waals surface area contributed by atoms with Crippen LogP contribution in [0.5, 0.6) is 0 Å². The van der Waals surface area contributed by atoms with Crippen LogP contribution >= 0.6 is 11.3 Å². The summed E-state index contributed by atoms with van der Waals surface area (Å²) in [6.07, 6.45) is 2.53. The molecule has 0 aromatic carbocycles. The predicted molar refractivity (Wildman–Crippen MR) is 78.8 cm³/mol. The van der Waals surface area contributed by atoms with Crippen molar-refractivity contribution in [2.24, 2.45) is 17.7 Å². The first kappa shape index (κ1) is 14.5.